The van der Waals surface area contributed by atoms with Crippen LogP contribution in [0.1, 0.15) is 46.7 Å². The Hall–Kier alpha value is -2.45. The maximum atomic E-state index is 11.2. The number of allylic oxidation sites excluding steroid dienone is 1. The van der Waals surface area contributed by atoms with Crippen molar-refractivity contribution in [2.24, 2.45) is 5.10 Å². The summed E-state index contributed by atoms with van der Waals surface area (Å²) in [4.78, 5) is 12.4. The summed E-state index contributed by atoms with van der Waals surface area (Å²) in [6, 6.07) is 0. The molecule has 0 saturated carbocycles. The molecule has 0 aliphatic heterocycles. The van der Waals surface area contributed by atoms with E-state index < -0.39 is 12.4 Å². The molecule has 9 nitrogen and oxygen atoms in total. The van der Waals surface area contributed by atoms with Crippen molar-refractivity contribution in [3.8, 4) is 0 Å². The molecule has 23 heavy (non-hydrogen) atoms. The van der Waals surface area contributed by atoms with Crippen LogP contribution in [0.15, 0.2) is 17.3 Å². The van der Waals surface area contributed by atoms with E-state index >= 15 is 0 Å². The fraction of sp³-hybridized carbons (Fsp3) is 0.643. The van der Waals surface area contributed by atoms with Gasteiger partial charge in [0.05, 0.1) is 13.2 Å². The predicted octanol–water partition coefficient (Wildman–Crippen LogP) is 2.38. The molecular formula is C14H26N6O3. The number of carbonyl (C=O) groups excluding carboxylic acids is 1. The molecule has 0 aliphatic carbocycles. The van der Waals surface area contributed by atoms with Gasteiger partial charge in [-0.1, -0.05) is 20.4 Å². The molecule has 0 bridgehead atoms. The minimum atomic E-state index is -0.771. The lowest BCUT2D eigenvalue weighted by molar-refractivity contribution is -0.00533. The largest absolute Gasteiger partial charge is 0.510 e. The van der Waals surface area contributed by atoms with Crippen molar-refractivity contribution in [3.63, 3.8) is 0 Å². The van der Waals surface area contributed by atoms with Crippen LogP contribution in [-0.2, 0) is 16.0 Å². The third-order valence-corrected chi connectivity index (χ3v) is 2.17. The smallest absolute Gasteiger partial charge is 0.435 e. The van der Waals surface area contributed by atoms with Gasteiger partial charge in [0.1, 0.15) is 0 Å². The van der Waals surface area contributed by atoms with Gasteiger partial charge in [-0.3, -0.25) is 5.01 Å². The monoisotopic (exact) mass is 326 g/mol. The second kappa shape index (κ2) is 11.2. The molecule has 0 aromatic carbocycles. The van der Waals surface area contributed by atoms with Crippen LogP contribution in [-0.4, -0.2) is 51.2 Å². The summed E-state index contributed by atoms with van der Waals surface area (Å²) < 4.78 is 9.63. The second-order valence-electron chi connectivity index (χ2n) is 4.33. The van der Waals surface area contributed by atoms with Gasteiger partial charge in [-0.15, -0.1) is 15.0 Å². The zero-order valence-electron chi connectivity index (χ0n) is 14.7. The Morgan fingerprint density at radius 2 is 2.17 bits per heavy atom. The summed E-state index contributed by atoms with van der Waals surface area (Å²) in [6.07, 6.45) is 0.165. The number of hydrogen-bond donors (Lipinski definition) is 0. The van der Waals surface area contributed by atoms with Crippen molar-refractivity contribution in [1.82, 2.24) is 25.2 Å². The highest BCUT2D eigenvalue weighted by molar-refractivity contribution is 5.76. The fourth-order valence-electron chi connectivity index (χ4n) is 1.25. The molecule has 0 N–H and O–H groups in total. The van der Waals surface area contributed by atoms with E-state index in [1.165, 1.54) is 4.80 Å². The number of hydrazone groups is 1. The Bertz CT molecular complexity index is 514. The molecule has 0 spiro atoms. The van der Waals surface area contributed by atoms with E-state index in [0.29, 0.717) is 12.4 Å². The number of hydrogen-bond acceptors (Lipinski definition) is 8. The Kier molecular flexibility index (Phi) is 9.97. The number of aromatic nitrogens is 4. The number of nitrogens with zero attached hydrogens (tertiary/aromatic N) is 6. The molecule has 0 radical (unpaired) electrons. The Morgan fingerprint density at radius 1 is 1.52 bits per heavy atom. The topological polar surface area (TPSA) is 94.7 Å². The number of ether oxygens (including phenoxy) is 2. The van der Waals surface area contributed by atoms with Gasteiger partial charge in [-0.05, 0) is 31.6 Å². The van der Waals surface area contributed by atoms with Crippen molar-refractivity contribution < 1.29 is 14.3 Å². The van der Waals surface area contributed by atoms with Crippen molar-refractivity contribution in [2.45, 2.75) is 47.4 Å². The summed E-state index contributed by atoms with van der Waals surface area (Å²) in [5.74, 6) is 0.454. The molecule has 0 fully saturated rings. The fourth-order valence-corrected chi connectivity index (χ4v) is 1.25. The van der Waals surface area contributed by atoms with E-state index in [4.69, 9.17) is 4.74 Å². The van der Waals surface area contributed by atoms with Gasteiger partial charge in [0, 0.05) is 13.3 Å². The number of carbonyl (C=O) groups is 1. The minimum Gasteiger partial charge on any atom is -0.435 e. The molecule has 1 rings (SSSR count). The van der Waals surface area contributed by atoms with Crippen LogP contribution < -0.4 is 0 Å². The van der Waals surface area contributed by atoms with Crippen molar-refractivity contribution in [2.75, 3.05) is 13.7 Å². The summed E-state index contributed by atoms with van der Waals surface area (Å²) in [5, 5.41) is 17.6. The van der Waals surface area contributed by atoms with Gasteiger partial charge in [-0.2, -0.15) is 5.10 Å². The van der Waals surface area contributed by atoms with E-state index in [1.807, 2.05) is 20.8 Å². The van der Waals surface area contributed by atoms with Gasteiger partial charge in [0.25, 0.3) is 0 Å². The SMILES string of the molecule is C=C(C)/C=N\N(C)Cc1nnn(C(C)OC(=O)OCC)n1.CC. The maximum Gasteiger partial charge on any atom is 0.510 e. The molecule has 9 heteroatoms. The Morgan fingerprint density at radius 3 is 2.74 bits per heavy atom. The molecule has 0 amide bonds. The molecular weight excluding hydrogens is 300 g/mol. The highest BCUT2D eigenvalue weighted by Crippen LogP contribution is 2.06. The molecule has 1 aromatic rings. The Labute approximate surface area is 136 Å². The first-order chi connectivity index (χ1) is 10.9. The number of rotatable bonds is 7. The maximum absolute atomic E-state index is 11.2. The first-order valence-electron chi connectivity index (χ1n) is 7.44. The molecule has 1 atom stereocenters. The first-order valence-corrected chi connectivity index (χ1v) is 7.44. The Balaban J connectivity index is 0.00000232. The van der Waals surface area contributed by atoms with E-state index in [-0.39, 0.29) is 6.61 Å². The second-order valence-corrected chi connectivity index (χ2v) is 4.33. The lowest BCUT2D eigenvalue weighted by Gasteiger charge is -2.11. The van der Waals surface area contributed by atoms with Gasteiger partial charge < -0.3 is 9.47 Å². The summed E-state index contributed by atoms with van der Waals surface area (Å²) in [5.41, 5.74) is 0.843. The van der Waals surface area contributed by atoms with Crippen molar-refractivity contribution in [3.05, 3.63) is 18.0 Å². The van der Waals surface area contributed by atoms with E-state index in [2.05, 4.69) is 31.8 Å². The lowest BCUT2D eigenvalue weighted by Crippen LogP contribution is -2.18. The molecule has 1 heterocycles. The van der Waals surface area contributed by atoms with Crippen LogP contribution in [0.5, 0.6) is 0 Å². The normalized spacial score (nSPS) is 11.4. The standard InChI is InChI=1S/C12H20N6O3.C2H6/c1-6-20-12(19)21-10(4)18-15-11(14-16-18)8-17(5)13-7-9(2)3;1-2/h7,10H,2,6,8H2,1,3-5H3;1-2H3/b13-7-;. The molecule has 0 saturated heterocycles. The highest BCUT2D eigenvalue weighted by atomic mass is 16.7. The third-order valence-electron chi connectivity index (χ3n) is 2.17. The summed E-state index contributed by atoms with van der Waals surface area (Å²) in [7, 11) is 1.78. The first kappa shape index (κ1) is 20.6. The average molecular weight is 326 g/mol. The minimum absolute atomic E-state index is 0.243. The van der Waals surface area contributed by atoms with E-state index in [1.54, 1.807) is 32.1 Å². The summed E-state index contributed by atoms with van der Waals surface area (Å²) in [6.45, 7) is 13.5. The predicted molar refractivity (Wildman–Crippen MR) is 86.8 cm³/mol. The molecule has 0 aliphatic rings. The van der Waals surface area contributed by atoms with E-state index in [9.17, 15) is 4.79 Å². The highest BCUT2D eigenvalue weighted by Gasteiger charge is 2.15. The zero-order valence-corrected chi connectivity index (χ0v) is 14.7. The number of tetrazole rings is 1. The van der Waals surface area contributed by atoms with Crippen LogP contribution in [0.3, 0.4) is 0 Å². The van der Waals surface area contributed by atoms with E-state index in [0.717, 1.165) is 5.57 Å². The van der Waals surface area contributed by atoms with Crippen molar-refractivity contribution in [1.29, 1.82) is 0 Å². The van der Waals surface area contributed by atoms with Gasteiger partial charge in [-0.25, -0.2) is 4.79 Å². The average Bonchev–Trinajstić information content (AvgIpc) is 2.96. The quantitative estimate of drug-likeness (QED) is 0.431. The van der Waals surface area contributed by atoms with Gasteiger partial charge >= 0.3 is 6.16 Å². The molecule has 1 aromatic heterocycles. The van der Waals surface area contributed by atoms with Crippen LogP contribution in [0.25, 0.3) is 0 Å². The van der Waals surface area contributed by atoms with Crippen LogP contribution in [0.4, 0.5) is 4.79 Å². The zero-order chi connectivity index (χ0) is 17.8. The van der Waals surface area contributed by atoms with Crippen LogP contribution in [0.2, 0.25) is 0 Å². The van der Waals surface area contributed by atoms with Crippen molar-refractivity contribution >= 4 is 12.4 Å². The molecule has 130 valence electrons. The summed E-state index contributed by atoms with van der Waals surface area (Å²) >= 11 is 0. The molecule has 1 unspecified atom stereocenters. The van der Waals surface area contributed by atoms with Crippen LogP contribution in [0, 0.1) is 0 Å². The van der Waals surface area contributed by atoms with Gasteiger partial charge in [0.2, 0.25) is 6.23 Å². The third kappa shape index (κ3) is 8.54. The van der Waals surface area contributed by atoms with Crippen LogP contribution >= 0.6 is 0 Å². The lowest BCUT2D eigenvalue weighted by atomic mass is 10.4. The van der Waals surface area contributed by atoms with Gasteiger partial charge in [0.15, 0.2) is 5.82 Å².